The molecule has 8 atom stereocenters. The first-order valence-corrected chi connectivity index (χ1v) is 17.5. The van der Waals surface area contributed by atoms with Crippen molar-refractivity contribution < 1.29 is 33.3 Å². The van der Waals surface area contributed by atoms with Crippen LogP contribution in [0.1, 0.15) is 112 Å². The van der Waals surface area contributed by atoms with Crippen LogP contribution in [-0.4, -0.2) is 50.7 Å². The number of esters is 1. The Hall–Kier alpha value is -2.25. The number of carbonyl (C=O) groups excluding carboxylic acids is 3. The Kier molecular flexibility index (Phi) is 9.96. The van der Waals surface area contributed by atoms with Crippen LogP contribution in [0.5, 0.6) is 0 Å². The molecule has 4 aliphatic carbocycles. The van der Waals surface area contributed by atoms with Crippen LogP contribution in [0.15, 0.2) is 11.6 Å². The monoisotopic (exact) mass is 615 g/mol. The van der Waals surface area contributed by atoms with Gasteiger partial charge >= 0.3 is 18.2 Å². The van der Waals surface area contributed by atoms with Crippen molar-refractivity contribution >= 4 is 18.2 Å². The Labute approximate surface area is 264 Å². The van der Waals surface area contributed by atoms with Crippen molar-refractivity contribution in [1.82, 2.24) is 5.32 Å². The number of hydrogen-bond acceptors (Lipinski definition) is 7. The van der Waals surface area contributed by atoms with Crippen molar-refractivity contribution in [2.45, 2.75) is 118 Å². The average molecular weight is 616 g/mol. The maximum atomic E-state index is 12.6. The van der Waals surface area contributed by atoms with Crippen molar-refractivity contribution in [3.8, 4) is 0 Å². The fourth-order valence-corrected chi connectivity index (χ4v) is 10.1. The predicted molar refractivity (Wildman–Crippen MR) is 168 cm³/mol. The summed E-state index contributed by atoms with van der Waals surface area (Å²) in [6, 6.07) is 0. The molecule has 8 heteroatoms. The van der Waals surface area contributed by atoms with Gasteiger partial charge in [-0.1, -0.05) is 65.5 Å². The first-order chi connectivity index (χ1) is 20.9. The highest BCUT2D eigenvalue weighted by atomic mass is 16.7. The molecule has 1 heterocycles. The molecule has 4 fully saturated rings. The van der Waals surface area contributed by atoms with Crippen LogP contribution < -0.4 is 5.32 Å². The van der Waals surface area contributed by atoms with Gasteiger partial charge in [-0.05, 0) is 98.2 Å². The maximum absolute atomic E-state index is 12.6. The fraction of sp³-hybridized carbons (Fsp3) is 0.861. The third kappa shape index (κ3) is 6.65. The molecule has 0 aromatic heterocycles. The van der Waals surface area contributed by atoms with Crippen LogP contribution in [0.3, 0.4) is 0 Å². The third-order valence-electron chi connectivity index (χ3n) is 12.6. The number of cyclic esters (lactones) is 2. The second kappa shape index (κ2) is 13.2. The Morgan fingerprint density at radius 3 is 2.48 bits per heavy atom. The normalized spacial score (nSPS) is 36.5. The van der Waals surface area contributed by atoms with E-state index in [1.165, 1.54) is 56.9 Å². The van der Waals surface area contributed by atoms with E-state index in [1.54, 1.807) is 6.92 Å². The van der Waals surface area contributed by atoms with Crippen molar-refractivity contribution in [3.05, 3.63) is 11.6 Å². The van der Waals surface area contributed by atoms with E-state index in [0.29, 0.717) is 5.41 Å². The Morgan fingerprint density at radius 2 is 1.75 bits per heavy atom. The molecule has 0 spiro atoms. The number of allylic oxidation sites excluding steroid dienone is 1. The first kappa shape index (κ1) is 33.1. The summed E-state index contributed by atoms with van der Waals surface area (Å²) >= 11 is 0. The lowest BCUT2D eigenvalue weighted by Gasteiger charge is -2.58. The molecular weight excluding hydrogens is 558 g/mol. The van der Waals surface area contributed by atoms with E-state index in [0.717, 1.165) is 54.8 Å². The topological polar surface area (TPSA) is 100 Å². The molecule has 8 nitrogen and oxygen atoms in total. The molecule has 44 heavy (non-hydrogen) atoms. The number of carbonyl (C=O) groups is 3. The van der Waals surface area contributed by atoms with Gasteiger partial charge in [0.1, 0.15) is 31.3 Å². The van der Waals surface area contributed by atoms with Gasteiger partial charge in [0.25, 0.3) is 0 Å². The van der Waals surface area contributed by atoms with Gasteiger partial charge in [0.2, 0.25) is 0 Å². The Morgan fingerprint density at radius 1 is 1.00 bits per heavy atom. The quantitative estimate of drug-likeness (QED) is 0.116. The van der Waals surface area contributed by atoms with Gasteiger partial charge in [0.15, 0.2) is 0 Å². The standard InChI is InChI=1S/C36H57NO7/c1-23(2)8-7-9-24(3)28-12-13-29-27-11-10-25-20-26(14-16-35(25,5)30(27)15-17-36(28,29)6)44-32(39)37-18-19-41-31(38)34(4)21-42-33(40)43-22-34/h10,23-24,26-30H,7-9,11-22H2,1-6H3,(H,37,39)/t24-,26+,27+,28-,29+,30+,35+,36-/m1/s1. The number of alkyl carbamates (subject to hydrolysis) is 1. The van der Waals surface area contributed by atoms with Crippen LogP contribution in [0, 0.1) is 51.8 Å². The minimum absolute atomic E-state index is 0.00605. The summed E-state index contributed by atoms with van der Waals surface area (Å²) in [5, 5.41) is 2.72. The molecule has 0 aromatic rings. The Bertz CT molecular complexity index is 1090. The molecule has 3 saturated carbocycles. The van der Waals surface area contributed by atoms with Gasteiger partial charge in [-0.15, -0.1) is 0 Å². The molecule has 0 unspecified atom stereocenters. The Balaban J connectivity index is 1.09. The van der Waals surface area contributed by atoms with Gasteiger partial charge in [-0.2, -0.15) is 0 Å². The van der Waals surface area contributed by atoms with E-state index >= 15 is 0 Å². The van der Waals surface area contributed by atoms with Crippen molar-refractivity contribution in [1.29, 1.82) is 0 Å². The van der Waals surface area contributed by atoms with Crippen LogP contribution in [-0.2, 0) is 23.7 Å². The molecular formula is C36H57NO7. The lowest BCUT2D eigenvalue weighted by molar-refractivity contribution is -0.165. The van der Waals surface area contributed by atoms with Crippen LogP contribution in [0.2, 0.25) is 0 Å². The third-order valence-corrected chi connectivity index (χ3v) is 12.6. The summed E-state index contributed by atoms with van der Waals surface area (Å²) in [6.45, 7) is 14.0. The SMILES string of the molecule is CC(C)CCC[C@@H](C)[C@H]1CC[C@H]2[C@@H]3CC=C4C[C@@H](OC(=O)NCCOC(=O)C5(C)COC(=O)OC5)CC[C@]4(C)[C@H]3CC[C@]12C. The summed E-state index contributed by atoms with van der Waals surface area (Å²) in [5.74, 6) is 4.33. The summed E-state index contributed by atoms with van der Waals surface area (Å²) in [4.78, 5) is 36.1. The van der Waals surface area contributed by atoms with Gasteiger partial charge in [-0.3, -0.25) is 4.79 Å². The number of nitrogens with one attached hydrogen (secondary N) is 1. The highest BCUT2D eigenvalue weighted by molar-refractivity contribution is 5.78. The van der Waals surface area contributed by atoms with Gasteiger partial charge in [-0.25, -0.2) is 9.59 Å². The molecule has 5 aliphatic rings. The van der Waals surface area contributed by atoms with E-state index in [2.05, 4.69) is 46.0 Å². The second-order valence-corrected chi connectivity index (χ2v) is 16.0. The van der Waals surface area contributed by atoms with Gasteiger partial charge < -0.3 is 24.3 Å². The molecule has 1 N–H and O–H groups in total. The molecule has 1 amide bonds. The zero-order valence-corrected chi connectivity index (χ0v) is 28.1. The number of hydrogen-bond donors (Lipinski definition) is 1. The van der Waals surface area contributed by atoms with Crippen molar-refractivity contribution in [3.63, 3.8) is 0 Å². The van der Waals surface area contributed by atoms with Crippen molar-refractivity contribution in [2.24, 2.45) is 51.8 Å². The number of ether oxygens (including phenoxy) is 4. The first-order valence-electron chi connectivity index (χ1n) is 17.5. The summed E-state index contributed by atoms with van der Waals surface area (Å²) in [7, 11) is 0. The summed E-state index contributed by atoms with van der Waals surface area (Å²) in [5.41, 5.74) is 1.16. The predicted octanol–water partition coefficient (Wildman–Crippen LogP) is 7.84. The lowest BCUT2D eigenvalue weighted by atomic mass is 9.47. The molecule has 1 aliphatic heterocycles. The van der Waals surface area contributed by atoms with Crippen LogP contribution in [0.4, 0.5) is 9.59 Å². The summed E-state index contributed by atoms with van der Waals surface area (Å²) < 4.78 is 20.8. The smallest absolute Gasteiger partial charge is 0.463 e. The van der Waals surface area contributed by atoms with E-state index < -0.39 is 23.6 Å². The van der Waals surface area contributed by atoms with Gasteiger partial charge in [0.05, 0.1) is 6.54 Å². The van der Waals surface area contributed by atoms with E-state index in [1.807, 2.05) is 0 Å². The van der Waals surface area contributed by atoms with E-state index in [-0.39, 0.29) is 37.9 Å². The fourth-order valence-electron chi connectivity index (χ4n) is 10.1. The minimum Gasteiger partial charge on any atom is -0.463 e. The number of amides is 1. The molecule has 0 bridgehead atoms. The highest BCUT2D eigenvalue weighted by Gasteiger charge is 2.59. The second-order valence-electron chi connectivity index (χ2n) is 16.0. The van der Waals surface area contributed by atoms with Crippen LogP contribution in [0.25, 0.3) is 0 Å². The average Bonchev–Trinajstić information content (AvgIpc) is 3.34. The molecule has 1 saturated heterocycles. The van der Waals surface area contributed by atoms with Gasteiger partial charge in [0, 0.05) is 6.42 Å². The number of fused-ring (bicyclic) bond motifs is 5. The molecule has 0 aromatic carbocycles. The largest absolute Gasteiger partial charge is 0.508 e. The van der Waals surface area contributed by atoms with E-state index in [4.69, 9.17) is 18.9 Å². The number of rotatable bonds is 10. The zero-order chi connectivity index (χ0) is 31.7. The molecule has 248 valence electrons. The zero-order valence-electron chi connectivity index (χ0n) is 28.1. The van der Waals surface area contributed by atoms with Crippen molar-refractivity contribution in [2.75, 3.05) is 26.4 Å². The minimum atomic E-state index is -1.04. The maximum Gasteiger partial charge on any atom is 0.508 e. The van der Waals surface area contributed by atoms with E-state index in [9.17, 15) is 14.4 Å². The molecule has 5 rings (SSSR count). The summed E-state index contributed by atoms with van der Waals surface area (Å²) in [6.07, 6.45) is 14.7. The highest BCUT2D eigenvalue weighted by Crippen LogP contribution is 2.67. The lowest BCUT2D eigenvalue weighted by Crippen LogP contribution is -2.51. The molecule has 0 radical (unpaired) electrons. The van der Waals surface area contributed by atoms with Crippen LogP contribution >= 0.6 is 0 Å².